The molecule has 23 heavy (non-hydrogen) atoms. The largest absolute Gasteiger partial charge is 0.394 e. The van der Waals surface area contributed by atoms with Crippen molar-refractivity contribution in [2.75, 3.05) is 52.5 Å². The lowest BCUT2D eigenvalue weighted by atomic mass is 10.1. The van der Waals surface area contributed by atoms with Crippen molar-refractivity contribution < 1.29 is 15.3 Å². The maximum absolute atomic E-state index is 9.72. The zero-order valence-electron chi connectivity index (χ0n) is 12.9. The summed E-state index contributed by atoms with van der Waals surface area (Å²) in [7, 11) is 0. The number of hydrogen-bond donors (Lipinski definition) is 6. The summed E-state index contributed by atoms with van der Waals surface area (Å²) in [4.78, 5) is 1.84. The summed E-state index contributed by atoms with van der Waals surface area (Å²) >= 11 is 0. The summed E-state index contributed by atoms with van der Waals surface area (Å²) in [5.74, 6) is 0. The van der Waals surface area contributed by atoms with Crippen molar-refractivity contribution in [1.29, 1.82) is 0 Å². The standard InChI is InChI=1S/C12H26N4O3.4ClH/c17-9-11(12(19)10-18)16-7-5-14-3-1-13-2-4-15-6-8-16;;;;/h5,7,11-15,17-19H,1-4,6,8-10H2;4*1H/b7-5-;;;;. The third-order valence-corrected chi connectivity index (χ3v) is 3.10. The Morgan fingerprint density at radius 3 is 2.00 bits per heavy atom. The van der Waals surface area contributed by atoms with Crippen molar-refractivity contribution in [3.8, 4) is 0 Å². The number of halogens is 4. The van der Waals surface area contributed by atoms with E-state index in [-0.39, 0.29) is 62.8 Å². The summed E-state index contributed by atoms with van der Waals surface area (Å²) < 4.78 is 0. The first-order chi connectivity index (χ1) is 9.29. The number of rotatable bonds is 4. The Morgan fingerprint density at radius 2 is 1.43 bits per heavy atom. The van der Waals surface area contributed by atoms with Gasteiger partial charge in [0.05, 0.1) is 25.4 Å². The van der Waals surface area contributed by atoms with Crippen LogP contribution in [0.25, 0.3) is 0 Å². The quantitative estimate of drug-likeness (QED) is 0.345. The van der Waals surface area contributed by atoms with Crippen LogP contribution in [0.1, 0.15) is 0 Å². The van der Waals surface area contributed by atoms with Crippen LogP contribution in [0.4, 0.5) is 0 Å². The number of aliphatic hydroxyl groups excluding tert-OH is 3. The molecule has 0 radical (unpaired) electrons. The molecular formula is C12H30Cl4N4O3. The fourth-order valence-corrected chi connectivity index (χ4v) is 1.95. The maximum atomic E-state index is 9.72. The highest BCUT2D eigenvalue weighted by atomic mass is 35.5. The van der Waals surface area contributed by atoms with E-state index in [1.165, 1.54) is 0 Å². The van der Waals surface area contributed by atoms with Crippen LogP contribution in [0.15, 0.2) is 12.4 Å². The summed E-state index contributed by atoms with van der Waals surface area (Å²) in [6.07, 6.45) is 2.66. The number of nitrogens with zero attached hydrogens (tertiary/aromatic N) is 1. The van der Waals surface area contributed by atoms with E-state index < -0.39 is 12.1 Å². The van der Waals surface area contributed by atoms with Crippen molar-refractivity contribution in [3.05, 3.63) is 12.4 Å². The van der Waals surface area contributed by atoms with Crippen LogP contribution in [0, 0.1) is 0 Å². The van der Waals surface area contributed by atoms with E-state index in [1.54, 1.807) is 6.20 Å². The highest BCUT2D eigenvalue weighted by Crippen LogP contribution is 2.05. The minimum Gasteiger partial charge on any atom is -0.394 e. The molecule has 7 nitrogen and oxygen atoms in total. The Kier molecular flexibility index (Phi) is 27.5. The number of hydrogen-bond acceptors (Lipinski definition) is 7. The van der Waals surface area contributed by atoms with Crippen LogP contribution in [0.5, 0.6) is 0 Å². The first-order valence-electron chi connectivity index (χ1n) is 6.76. The molecule has 0 amide bonds. The van der Waals surface area contributed by atoms with Crippen LogP contribution in [-0.4, -0.2) is 84.8 Å². The molecule has 0 saturated carbocycles. The molecule has 0 aromatic heterocycles. The van der Waals surface area contributed by atoms with Crippen molar-refractivity contribution in [3.63, 3.8) is 0 Å². The first kappa shape index (κ1) is 31.1. The maximum Gasteiger partial charge on any atom is 0.0995 e. The molecule has 0 aromatic carbocycles. The molecule has 6 N–H and O–H groups in total. The van der Waals surface area contributed by atoms with Crippen LogP contribution < -0.4 is 16.0 Å². The van der Waals surface area contributed by atoms with Gasteiger partial charge in [0.25, 0.3) is 0 Å². The molecular weight excluding hydrogens is 390 g/mol. The van der Waals surface area contributed by atoms with Crippen LogP contribution in [-0.2, 0) is 0 Å². The van der Waals surface area contributed by atoms with Gasteiger partial charge in [-0.3, -0.25) is 0 Å². The predicted molar refractivity (Wildman–Crippen MR) is 103 cm³/mol. The zero-order valence-corrected chi connectivity index (χ0v) is 16.2. The molecule has 1 aliphatic heterocycles. The van der Waals surface area contributed by atoms with Crippen molar-refractivity contribution in [2.24, 2.45) is 0 Å². The highest BCUT2D eigenvalue weighted by Gasteiger charge is 2.22. The Labute approximate surface area is 162 Å². The molecule has 2 unspecified atom stereocenters. The van der Waals surface area contributed by atoms with Crippen molar-refractivity contribution in [1.82, 2.24) is 20.9 Å². The van der Waals surface area contributed by atoms with Crippen LogP contribution >= 0.6 is 49.6 Å². The molecule has 2 atom stereocenters. The molecule has 0 spiro atoms. The lowest BCUT2D eigenvalue weighted by Gasteiger charge is -2.32. The van der Waals surface area contributed by atoms with Gasteiger partial charge in [0.2, 0.25) is 0 Å². The zero-order chi connectivity index (χ0) is 13.9. The topological polar surface area (TPSA) is 100 Å². The second kappa shape index (κ2) is 20.3. The van der Waals surface area contributed by atoms with E-state index in [0.29, 0.717) is 6.54 Å². The Hall–Kier alpha value is 0.300. The average Bonchev–Trinajstić information content (AvgIpc) is 2.41. The molecule has 0 fully saturated rings. The van der Waals surface area contributed by atoms with Crippen LogP contribution in [0.2, 0.25) is 0 Å². The molecule has 1 heterocycles. The second-order valence-corrected chi connectivity index (χ2v) is 4.51. The van der Waals surface area contributed by atoms with Gasteiger partial charge < -0.3 is 36.2 Å². The average molecular weight is 420 g/mol. The molecule has 0 aromatic rings. The van der Waals surface area contributed by atoms with E-state index in [4.69, 9.17) is 5.11 Å². The third kappa shape index (κ3) is 13.3. The SMILES string of the molecule is Cl.Cl.Cl.Cl.OCC(O)C(CO)N1/C=C\NCCNCCNCC1. The molecule has 0 aliphatic carbocycles. The Bertz CT molecular complexity index is 268. The molecule has 0 bridgehead atoms. The van der Waals surface area contributed by atoms with Gasteiger partial charge >= 0.3 is 0 Å². The van der Waals surface area contributed by atoms with Gasteiger partial charge in [-0.1, -0.05) is 0 Å². The minimum atomic E-state index is -0.954. The van der Waals surface area contributed by atoms with Crippen molar-refractivity contribution in [2.45, 2.75) is 12.1 Å². The van der Waals surface area contributed by atoms with Gasteiger partial charge in [0.1, 0.15) is 0 Å². The number of nitrogens with one attached hydrogen (secondary N) is 3. The van der Waals surface area contributed by atoms with Gasteiger partial charge in [-0.05, 0) is 0 Å². The molecule has 0 saturated heterocycles. The lowest BCUT2D eigenvalue weighted by Crippen LogP contribution is -2.48. The Morgan fingerprint density at radius 1 is 0.870 bits per heavy atom. The van der Waals surface area contributed by atoms with Gasteiger partial charge in [-0.2, -0.15) is 0 Å². The van der Waals surface area contributed by atoms with Gasteiger partial charge in [0.15, 0.2) is 0 Å². The second-order valence-electron chi connectivity index (χ2n) is 4.51. The van der Waals surface area contributed by atoms with Gasteiger partial charge in [-0.25, -0.2) is 0 Å². The van der Waals surface area contributed by atoms with E-state index in [1.807, 2.05) is 11.1 Å². The minimum absolute atomic E-state index is 0. The predicted octanol–water partition coefficient (Wildman–Crippen LogP) is -1.06. The molecule has 11 heteroatoms. The normalized spacial score (nSPS) is 19.5. The summed E-state index contributed by atoms with van der Waals surface area (Å²) in [6.45, 7) is 4.33. The monoisotopic (exact) mass is 418 g/mol. The van der Waals surface area contributed by atoms with Gasteiger partial charge in [-0.15, -0.1) is 49.6 Å². The summed E-state index contributed by atoms with van der Waals surface area (Å²) in [5.41, 5.74) is 0. The summed E-state index contributed by atoms with van der Waals surface area (Å²) in [6, 6.07) is -0.495. The van der Waals surface area contributed by atoms with E-state index >= 15 is 0 Å². The van der Waals surface area contributed by atoms with Crippen molar-refractivity contribution >= 4 is 49.6 Å². The summed E-state index contributed by atoms with van der Waals surface area (Å²) in [5, 5.41) is 37.8. The number of aliphatic hydroxyl groups is 3. The fourth-order valence-electron chi connectivity index (χ4n) is 1.95. The fraction of sp³-hybridized carbons (Fsp3) is 0.833. The van der Waals surface area contributed by atoms with E-state index in [9.17, 15) is 10.2 Å². The molecule has 1 aliphatic rings. The highest BCUT2D eigenvalue weighted by molar-refractivity contribution is 5.86. The third-order valence-electron chi connectivity index (χ3n) is 3.10. The first-order valence-corrected chi connectivity index (χ1v) is 6.76. The van der Waals surface area contributed by atoms with E-state index in [2.05, 4.69) is 16.0 Å². The molecule has 144 valence electrons. The van der Waals surface area contributed by atoms with Gasteiger partial charge in [0, 0.05) is 51.7 Å². The smallest absolute Gasteiger partial charge is 0.0995 e. The Balaban J connectivity index is -0.000000451. The lowest BCUT2D eigenvalue weighted by molar-refractivity contribution is 0.00372. The van der Waals surface area contributed by atoms with E-state index in [0.717, 1.165) is 32.7 Å². The van der Waals surface area contributed by atoms with Crippen LogP contribution in [0.3, 0.4) is 0 Å². The molecule has 1 rings (SSSR count).